The lowest BCUT2D eigenvalue weighted by Gasteiger charge is -2.24. The van der Waals surface area contributed by atoms with E-state index in [9.17, 15) is 18.3 Å². The number of aryl methyl sites for hydroxylation is 1. The van der Waals surface area contributed by atoms with E-state index in [2.05, 4.69) is 4.74 Å². The number of ether oxygens (including phenoxy) is 1. The Bertz CT molecular complexity index is 1350. The molecule has 0 bridgehead atoms. The molecule has 0 radical (unpaired) electrons. The van der Waals surface area contributed by atoms with Gasteiger partial charge in [-0.2, -0.15) is 0 Å². The zero-order valence-electron chi connectivity index (χ0n) is 17.4. The molecule has 4 aromatic rings. The highest BCUT2D eigenvalue weighted by molar-refractivity contribution is 5.84. The average molecular weight is 448 g/mol. The lowest BCUT2D eigenvalue weighted by molar-refractivity contribution is -0.274. The van der Waals surface area contributed by atoms with Crippen LogP contribution in [-0.2, 0) is 12.8 Å². The zero-order valence-corrected chi connectivity index (χ0v) is 17.4. The third-order valence-corrected chi connectivity index (χ3v) is 5.69. The van der Waals surface area contributed by atoms with Crippen LogP contribution in [0.15, 0.2) is 72.8 Å². The first-order valence-corrected chi connectivity index (χ1v) is 10.3. The van der Waals surface area contributed by atoms with E-state index in [0.717, 1.165) is 39.9 Å². The Kier molecular flexibility index (Phi) is 4.96. The second kappa shape index (κ2) is 7.85. The number of alkyl halides is 3. The largest absolute Gasteiger partial charge is 0.573 e. The maximum atomic E-state index is 12.8. The molecule has 33 heavy (non-hydrogen) atoms. The SMILES string of the molecule is Nc1ccc2c(c1)CCc1c(-c3cccc(OC(F)(F)F)c3)cc(-c3ccc(O)cc3)nc1-2. The number of nitrogens with zero attached hydrogens (tertiary/aromatic N) is 1. The third-order valence-electron chi connectivity index (χ3n) is 5.69. The third kappa shape index (κ3) is 4.22. The minimum Gasteiger partial charge on any atom is -0.508 e. The van der Waals surface area contributed by atoms with E-state index in [1.165, 1.54) is 12.1 Å². The monoisotopic (exact) mass is 448 g/mol. The molecule has 0 aliphatic heterocycles. The van der Waals surface area contributed by atoms with E-state index in [1.54, 1.807) is 36.4 Å². The number of anilines is 1. The molecular weight excluding hydrogens is 429 g/mol. The summed E-state index contributed by atoms with van der Waals surface area (Å²) in [7, 11) is 0. The van der Waals surface area contributed by atoms with Gasteiger partial charge in [-0.15, -0.1) is 13.2 Å². The fraction of sp³-hybridized carbons (Fsp3) is 0.115. The number of halogens is 3. The quantitative estimate of drug-likeness (QED) is 0.358. The van der Waals surface area contributed by atoms with Gasteiger partial charge < -0.3 is 15.6 Å². The first-order chi connectivity index (χ1) is 15.8. The molecule has 0 fully saturated rings. The van der Waals surface area contributed by atoms with Gasteiger partial charge in [0.2, 0.25) is 0 Å². The number of phenolic OH excluding ortho intramolecular Hbond substituents is 1. The molecule has 0 saturated heterocycles. The molecule has 4 nitrogen and oxygen atoms in total. The summed E-state index contributed by atoms with van der Waals surface area (Å²) in [5.74, 6) is -0.143. The lowest BCUT2D eigenvalue weighted by atomic mass is 9.84. The van der Waals surface area contributed by atoms with E-state index in [1.807, 2.05) is 24.3 Å². The van der Waals surface area contributed by atoms with Crippen molar-refractivity contribution in [3.05, 3.63) is 83.9 Å². The summed E-state index contributed by atoms with van der Waals surface area (Å²) in [4.78, 5) is 4.92. The maximum absolute atomic E-state index is 12.8. The van der Waals surface area contributed by atoms with Gasteiger partial charge in [0.25, 0.3) is 0 Å². The van der Waals surface area contributed by atoms with Crippen LogP contribution in [0.2, 0.25) is 0 Å². The van der Waals surface area contributed by atoms with Crippen molar-refractivity contribution in [2.75, 3.05) is 5.73 Å². The van der Waals surface area contributed by atoms with Gasteiger partial charge in [0.05, 0.1) is 11.4 Å². The van der Waals surface area contributed by atoms with Crippen molar-refractivity contribution < 1.29 is 23.0 Å². The smallest absolute Gasteiger partial charge is 0.508 e. The Morgan fingerprint density at radius 1 is 0.848 bits per heavy atom. The summed E-state index contributed by atoms with van der Waals surface area (Å²) in [5.41, 5.74) is 13.2. The highest BCUT2D eigenvalue weighted by atomic mass is 19.4. The van der Waals surface area contributed by atoms with Crippen LogP contribution in [0, 0.1) is 0 Å². The minimum absolute atomic E-state index is 0.134. The molecule has 7 heteroatoms. The molecule has 166 valence electrons. The second-order valence-corrected chi connectivity index (χ2v) is 7.92. The van der Waals surface area contributed by atoms with Gasteiger partial charge >= 0.3 is 6.36 Å². The average Bonchev–Trinajstić information content (AvgIpc) is 2.77. The summed E-state index contributed by atoms with van der Waals surface area (Å²) in [5, 5.41) is 9.67. The van der Waals surface area contributed by atoms with Crippen LogP contribution in [0.5, 0.6) is 11.5 Å². The Morgan fingerprint density at radius 3 is 2.39 bits per heavy atom. The Hall–Kier alpha value is -4.00. The number of hydrogen-bond acceptors (Lipinski definition) is 4. The van der Waals surface area contributed by atoms with Crippen molar-refractivity contribution >= 4 is 5.69 Å². The van der Waals surface area contributed by atoms with Gasteiger partial charge in [-0.3, -0.25) is 0 Å². The zero-order chi connectivity index (χ0) is 23.2. The van der Waals surface area contributed by atoms with Crippen molar-refractivity contribution in [3.8, 4) is 45.1 Å². The number of hydrogen-bond donors (Lipinski definition) is 2. The van der Waals surface area contributed by atoms with Crippen LogP contribution in [0.3, 0.4) is 0 Å². The number of phenols is 1. The van der Waals surface area contributed by atoms with Gasteiger partial charge in [0, 0.05) is 16.8 Å². The predicted octanol–water partition coefficient (Wildman–Crippen LogP) is 6.37. The fourth-order valence-electron chi connectivity index (χ4n) is 4.26. The minimum atomic E-state index is -4.77. The summed E-state index contributed by atoms with van der Waals surface area (Å²) in [6.07, 6.45) is -3.35. The number of benzene rings is 3. The highest BCUT2D eigenvalue weighted by Crippen LogP contribution is 2.41. The number of pyridine rings is 1. The van der Waals surface area contributed by atoms with Crippen LogP contribution in [-0.4, -0.2) is 16.5 Å². The van der Waals surface area contributed by atoms with Crippen molar-refractivity contribution in [2.24, 2.45) is 0 Å². The number of aromatic nitrogens is 1. The van der Waals surface area contributed by atoms with Crippen LogP contribution in [0.25, 0.3) is 33.6 Å². The van der Waals surface area contributed by atoms with Crippen LogP contribution >= 0.6 is 0 Å². The molecule has 1 aliphatic carbocycles. The second-order valence-electron chi connectivity index (χ2n) is 7.92. The summed E-state index contributed by atoms with van der Waals surface area (Å²) >= 11 is 0. The standard InChI is InChI=1S/C26H19F3N2O2/c27-26(28,29)33-20-3-1-2-16(13-20)23-14-24(15-4-8-19(32)9-5-15)31-25-21-11-7-18(30)12-17(21)6-10-22(23)25/h1-5,7-9,11-14,32H,6,10,30H2. The fourth-order valence-corrected chi connectivity index (χ4v) is 4.26. The number of nitrogen functional groups attached to an aromatic ring is 1. The van der Waals surface area contributed by atoms with Crippen molar-refractivity contribution in [1.29, 1.82) is 0 Å². The molecule has 5 rings (SSSR count). The number of aromatic hydroxyl groups is 1. The molecule has 1 aromatic heterocycles. The number of fused-ring (bicyclic) bond motifs is 3. The molecule has 0 atom stereocenters. The molecule has 0 saturated carbocycles. The summed E-state index contributed by atoms with van der Waals surface area (Å²) in [6.45, 7) is 0. The van der Waals surface area contributed by atoms with Crippen LogP contribution in [0.1, 0.15) is 11.1 Å². The summed E-state index contributed by atoms with van der Waals surface area (Å²) < 4.78 is 42.6. The van der Waals surface area contributed by atoms with Crippen molar-refractivity contribution in [3.63, 3.8) is 0 Å². The molecule has 0 spiro atoms. The molecule has 0 amide bonds. The summed E-state index contributed by atoms with van der Waals surface area (Å²) in [6, 6.07) is 20.2. The molecule has 3 aromatic carbocycles. The molecular formula is C26H19F3N2O2. The number of nitrogens with two attached hydrogens (primary N) is 1. The van der Waals surface area contributed by atoms with E-state index in [-0.39, 0.29) is 11.5 Å². The Labute approximate surface area is 188 Å². The van der Waals surface area contributed by atoms with Gasteiger partial charge in [0.1, 0.15) is 11.5 Å². The predicted molar refractivity (Wildman–Crippen MR) is 121 cm³/mol. The van der Waals surface area contributed by atoms with E-state index < -0.39 is 6.36 Å². The van der Waals surface area contributed by atoms with Crippen LogP contribution < -0.4 is 10.5 Å². The Morgan fingerprint density at radius 2 is 1.64 bits per heavy atom. The molecule has 0 unspecified atom stereocenters. The normalized spacial score (nSPS) is 12.7. The molecule has 3 N–H and O–H groups in total. The molecule has 1 heterocycles. The topological polar surface area (TPSA) is 68.4 Å². The first-order valence-electron chi connectivity index (χ1n) is 10.3. The van der Waals surface area contributed by atoms with Gasteiger partial charge in [-0.25, -0.2) is 4.98 Å². The van der Waals surface area contributed by atoms with Gasteiger partial charge in [-0.1, -0.05) is 18.2 Å². The Balaban J connectivity index is 1.72. The van der Waals surface area contributed by atoms with Gasteiger partial charge in [0.15, 0.2) is 0 Å². The molecule has 1 aliphatic rings. The van der Waals surface area contributed by atoms with E-state index in [4.69, 9.17) is 10.7 Å². The van der Waals surface area contributed by atoms with Crippen molar-refractivity contribution in [2.45, 2.75) is 19.2 Å². The van der Waals surface area contributed by atoms with E-state index >= 15 is 0 Å². The first kappa shape index (κ1) is 20.9. The van der Waals surface area contributed by atoms with Gasteiger partial charge in [-0.05, 0) is 89.7 Å². The van der Waals surface area contributed by atoms with Crippen molar-refractivity contribution in [1.82, 2.24) is 4.98 Å². The van der Waals surface area contributed by atoms with E-state index in [0.29, 0.717) is 23.4 Å². The lowest BCUT2D eigenvalue weighted by Crippen LogP contribution is -2.17. The van der Waals surface area contributed by atoms with Crippen LogP contribution in [0.4, 0.5) is 18.9 Å². The number of rotatable bonds is 3. The highest BCUT2D eigenvalue weighted by Gasteiger charge is 2.31. The maximum Gasteiger partial charge on any atom is 0.573 e.